The summed E-state index contributed by atoms with van der Waals surface area (Å²) in [6, 6.07) is 0. The Hall–Kier alpha value is 0.430. The molecule has 0 aliphatic carbocycles. The third kappa shape index (κ3) is 2.73. The van der Waals surface area contributed by atoms with Crippen molar-refractivity contribution in [3.8, 4) is 0 Å². The molecule has 0 nitrogen and oxygen atoms in total. The monoisotopic (exact) mass is 186 g/mol. The lowest BCUT2D eigenvalue weighted by Gasteiger charge is -2.33. The highest BCUT2D eigenvalue weighted by Gasteiger charge is 2.25. The van der Waals surface area contributed by atoms with Gasteiger partial charge in [-0.05, 0) is 43.4 Å². The number of hydrogen-bond acceptors (Lipinski definition) is 0. The third-order valence-electron chi connectivity index (χ3n) is 3.62. The molecule has 72 valence electrons. The summed E-state index contributed by atoms with van der Waals surface area (Å²) in [5.41, 5.74) is 0.741. The molecule has 0 N–H and O–H groups in total. The van der Waals surface area contributed by atoms with Gasteiger partial charge >= 0.3 is 0 Å². The Balaban J connectivity index is 2.45. The van der Waals surface area contributed by atoms with Crippen molar-refractivity contribution < 1.29 is 0 Å². The quantitative estimate of drug-likeness (QED) is 0.571. The van der Waals surface area contributed by atoms with Gasteiger partial charge in [0.1, 0.15) is 0 Å². The molecule has 0 bridgehead atoms. The minimum Gasteiger partial charge on any atom is -0.122 e. The highest BCUT2D eigenvalue weighted by atomic mass is 31.1. The van der Waals surface area contributed by atoms with Crippen molar-refractivity contribution in [1.29, 1.82) is 0 Å². The van der Waals surface area contributed by atoms with Crippen LogP contribution in [0.2, 0.25) is 0 Å². The van der Waals surface area contributed by atoms with Gasteiger partial charge < -0.3 is 0 Å². The van der Waals surface area contributed by atoms with Crippen molar-refractivity contribution >= 4 is 8.58 Å². The second-order valence-corrected chi connectivity index (χ2v) is 5.66. The molecule has 0 aromatic heterocycles. The van der Waals surface area contributed by atoms with Crippen molar-refractivity contribution in [2.45, 2.75) is 52.4 Å². The van der Waals surface area contributed by atoms with E-state index in [1.54, 1.807) is 0 Å². The average Bonchev–Trinajstić information content (AvgIpc) is 2.06. The van der Waals surface area contributed by atoms with Crippen LogP contribution in [-0.4, -0.2) is 12.3 Å². The van der Waals surface area contributed by atoms with Crippen molar-refractivity contribution in [3.63, 3.8) is 0 Å². The Labute approximate surface area is 79.3 Å². The molecule has 0 aromatic rings. The van der Waals surface area contributed by atoms with Crippen molar-refractivity contribution in [2.24, 2.45) is 5.41 Å². The first-order valence-corrected chi connectivity index (χ1v) is 6.95. The fourth-order valence-electron chi connectivity index (χ4n) is 2.38. The molecule has 12 heavy (non-hydrogen) atoms. The lowest BCUT2D eigenvalue weighted by molar-refractivity contribution is 0.213. The second-order valence-electron chi connectivity index (χ2n) is 4.16. The van der Waals surface area contributed by atoms with Gasteiger partial charge in [-0.3, -0.25) is 0 Å². The lowest BCUT2D eigenvalue weighted by Crippen LogP contribution is -2.20. The third-order valence-corrected chi connectivity index (χ3v) is 5.04. The molecule has 1 aliphatic heterocycles. The van der Waals surface area contributed by atoms with Crippen LogP contribution >= 0.6 is 8.58 Å². The van der Waals surface area contributed by atoms with Crippen LogP contribution in [0.3, 0.4) is 0 Å². The predicted molar refractivity (Wildman–Crippen MR) is 59.5 cm³/mol. The number of rotatable bonds is 2. The summed E-state index contributed by atoms with van der Waals surface area (Å²) < 4.78 is 0. The van der Waals surface area contributed by atoms with Crippen molar-refractivity contribution in [2.75, 3.05) is 12.3 Å². The molecule has 1 rings (SSSR count). The molecule has 0 spiro atoms. The second kappa shape index (κ2) is 5.22. The van der Waals surface area contributed by atoms with Gasteiger partial charge in [-0.1, -0.05) is 26.7 Å². The molecule has 0 aromatic carbocycles. The van der Waals surface area contributed by atoms with Gasteiger partial charge in [0.2, 0.25) is 0 Å². The van der Waals surface area contributed by atoms with Gasteiger partial charge in [0.25, 0.3) is 0 Å². The van der Waals surface area contributed by atoms with Crippen LogP contribution in [0, 0.1) is 5.41 Å². The van der Waals surface area contributed by atoms with Gasteiger partial charge in [0.05, 0.1) is 0 Å². The van der Waals surface area contributed by atoms with Crippen LogP contribution in [0.1, 0.15) is 52.4 Å². The molecule has 1 saturated heterocycles. The summed E-state index contributed by atoms with van der Waals surface area (Å²) in [7, 11) is 1.27. The molecular weight excluding hydrogens is 163 g/mol. The highest BCUT2D eigenvalue weighted by molar-refractivity contribution is 7.37. The summed E-state index contributed by atoms with van der Waals surface area (Å²) in [5, 5.41) is 0. The topological polar surface area (TPSA) is 0 Å². The maximum Gasteiger partial charge on any atom is -0.0302 e. The standard InChI is InChI=1S/C11H23P/c1-3-11(4-2)7-5-9-12-10-6-8-11/h12H,3-10H2,1-2H3. The maximum absolute atomic E-state index is 2.38. The Bertz CT molecular complexity index is 106. The van der Waals surface area contributed by atoms with Crippen LogP contribution in [0.25, 0.3) is 0 Å². The van der Waals surface area contributed by atoms with Gasteiger partial charge in [-0.25, -0.2) is 0 Å². The van der Waals surface area contributed by atoms with Gasteiger partial charge in [-0.2, -0.15) is 0 Å². The Kier molecular flexibility index (Phi) is 4.57. The Morgan fingerprint density at radius 2 is 1.50 bits per heavy atom. The van der Waals surface area contributed by atoms with E-state index in [9.17, 15) is 0 Å². The zero-order valence-corrected chi connectivity index (χ0v) is 9.66. The Morgan fingerprint density at radius 3 is 1.92 bits per heavy atom. The average molecular weight is 186 g/mol. The molecule has 1 heterocycles. The van der Waals surface area contributed by atoms with Crippen LogP contribution in [0.15, 0.2) is 0 Å². The summed E-state index contributed by atoms with van der Waals surface area (Å²) in [6.07, 6.45) is 11.9. The normalized spacial score (nSPS) is 24.5. The van der Waals surface area contributed by atoms with E-state index in [2.05, 4.69) is 13.8 Å². The molecule has 0 unspecified atom stereocenters. The van der Waals surface area contributed by atoms with Gasteiger partial charge in [0, 0.05) is 0 Å². The molecule has 0 amide bonds. The summed E-state index contributed by atoms with van der Waals surface area (Å²) in [5.74, 6) is 0. The first-order chi connectivity index (χ1) is 5.83. The van der Waals surface area contributed by atoms with Gasteiger partial charge in [0.15, 0.2) is 0 Å². The van der Waals surface area contributed by atoms with E-state index < -0.39 is 0 Å². The zero-order chi connectivity index (χ0) is 8.86. The maximum atomic E-state index is 2.38. The molecule has 1 aliphatic rings. The van der Waals surface area contributed by atoms with Crippen LogP contribution < -0.4 is 0 Å². The van der Waals surface area contributed by atoms with Crippen LogP contribution in [0.5, 0.6) is 0 Å². The first-order valence-electron chi connectivity index (χ1n) is 5.54. The molecule has 1 fully saturated rings. The highest BCUT2D eigenvalue weighted by Crippen LogP contribution is 2.40. The molecular formula is C11H23P. The van der Waals surface area contributed by atoms with Crippen molar-refractivity contribution in [1.82, 2.24) is 0 Å². The SMILES string of the molecule is CCC1(CC)CCCPCCC1. The van der Waals surface area contributed by atoms with Crippen molar-refractivity contribution in [3.05, 3.63) is 0 Å². The minimum atomic E-state index is 0.741. The fourth-order valence-corrected chi connectivity index (χ4v) is 3.49. The molecule has 0 radical (unpaired) electrons. The van der Waals surface area contributed by atoms with Crippen LogP contribution in [-0.2, 0) is 0 Å². The summed E-state index contributed by atoms with van der Waals surface area (Å²) >= 11 is 0. The van der Waals surface area contributed by atoms with E-state index in [1.807, 2.05) is 0 Å². The Morgan fingerprint density at radius 1 is 1.00 bits per heavy atom. The minimum absolute atomic E-state index is 0.741. The van der Waals surface area contributed by atoms with E-state index in [0.717, 1.165) is 5.41 Å². The zero-order valence-electron chi connectivity index (χ0n) is 8.66. The van der Waals surface area contributed by atoms with Crippen LogP contribution in [0.4, 0.5) is 0 Å². The van der Waals surface area contributed by atoms with E-state index in [-0.39, 0.29) is 0 Å². The van der Waals surface area contributed by atoms with E-state index in [0.29, 0.717) is 0 Å². The molecule has 0 saturated carbocycles. The van der Waals surface area contributed by atoms with E-state index in [1.165, 1.54) is 59.4 Å². The molecule has 0 atom stereocenters. The molecule has 1 heteroatoms. The lowest BCUT2D eigenvalue weighted by atomic mass is 9.75. The number of hydrogen-bond donors (Lipinski definition) is 0. The van der Waals surface area contributed by atoms with Gasteiger partial charge in [-0.15, -0.1) is 8.58 Å². The first kappa shape index (κ1) is 10.5. The summed E-state index contributed by atoms with van der Waals surface area (Å²) in [6.45, 7) is 4.76. The summed E-state index contributed by atoms with van der Waals surface area (Å²) in [4.78, 5) is 0. The van der Waals surface area contributed by atoms with E-state index >= 15 is 0 Å². The predicted octanol–water partition coefficient (Wildman–Crippen LogP) is 4.05. The fraction of sp³-hybridized carbons (Fsp3) is 1.00. The largest absolute Gasteiger partial charge is 0.122 e. The smallest absolute Gasteiger partial charge is 0.0302 e. The van der Waals surface area contributed by atoms with E-state index in [4.69, 9.17) is 0 Å².